The summed E-state index contributed by atoms with van der Waals surface area (Å²) in [7, 11) is 0. The van der Waals surface area contributed by atoms with E-state index in [0.29, 0.717) is 0 Å². The van der Waals surface area contributed by atoms with E-state index >= 15 is 0 Å². The molecule has 2 heterocycles. The minimum absolute atomic E-state index is 0.963. The first kappa shape index (κ1) is 36.1. The van der Waals surface area contributed by atoms with Crippen molar-refractivity contribution < 1.29 is 0 Å². The topological polar surface area (TPSA) is 25.8 Å². The largest absolute Gasteiger partial charge is 0.248 e. The molecule has 266 valence electrons. The van der Waals surface area contributed by atoms with Crippen LogP contribution >= 0.6 is 31.9 Å². The third-order valence-electron chi connectivity index (χ3n) is 10.4. The molecule has 0 saturated carbocycles. The van der Waals surface area contributed by atoms with Gasteiger partial charge < -0.3 is 0 Å². The fourth-order valence-electron chi connectivity index (χ4n) is 7.34. The first-order chi connectivity index (χ1) is 26.4. The molecule has 6 aromatic carbocycles. The van der Waals surface area contributed by atoms with E-state index in [2.05, 4.69) is 191 Å². The number of aromatic nitrogens is 2. The van der Waals surface area contributed by atoms with Gasteiger partial charge in [-0.15, -0.1) is 0 Å². The summed E-state index contributed by atoms with van der Waals surface area (Å²) in [6, 6.07) is 53.0. The average Bonchev–Trinajstić information content (AvgIpc) is 3.21. The molecule has 8 rings (SSSR count). The quantitative estimate of drug-likeness (QED) is 0.130. The summed E-state index contributed by atoms with van der Waals surface area (Å²) >= 11 is 7.34. The lowest BCUT2D eigenvalue weighted by Crippen LogP contribution is -1.93. The highest BCUT2D eigenvalue weighted by Crippen LogP contribution is 2.38. The predicted octanol–water partition coefficient (Wildman–Crippen LogP) is 15.3. The molecule has 54 heavy (non-hydrogen) atoms. The van der Waals surface area contributed by atoms with Crippen LogP contribution in [0.15, 0.2) is 155 Å². The Balaban J connectivity index is 1.27. The average molecular weight is 831 g/mol. The summed E-state index contributed by atoms with van der Waals surface area (Å²) in [6.07, 6.45) is 7.00. The van der Waals surface area contributed by atoms with Gasteiger partial charge in [0.1, 0.15) is 0 Å². The lowest BCUT2D eigenvalue weighted by molar-refractivity contribution is 0.795. The second-order valence-corrected chi connectivity index (χ2v) is 16.0. The Morgan fingerprint density at radius 3 is 1.20 bits per heavy atom. The number of rotatable bonds is 11. The molecule has 0 aliphatic rings. The lowest BCUT2D eigenvalue weighted by atomic mass is 9.92. The Kier molecular flexibility index (Phi) is 10.8. The maximum atomic E-state index is 5.21. The summed E-state index contributed by atoms with van der Waals surface area (Å²) in [5.74, 6) is 0. The summed E-state index contributed by atoms with van der Waals surface area (Å²) < 4.78 is 2.08. The zero-order valence-electron chi connectivity index (χ0n) is 30.7. The van der Waals surface area contributed by atoms with Gasteiger partial charge in [-0.25, -0.2) is 9.97 Å². The number of aryl methyl sites for hydroxylation is 2. The minimum atomic E-state index is 0.963. The van der Waals surface area contributed by atoms with E-state index in [4.69, 9.17) is 9.97 Å². The molecular weight excluding hydrogens is 788 g/mol. The van der Waals surface area contributed by atoms with Gasteiger partial charge in [0.25, 0.3) is 0 Å². The van der Waals surface area contributed by atoms with Crippen molar-refractivity contribution in [3.63, 3.8) is 0 Å². The van der Waals surface area contributed by atoms with Crippen LogP contribution in [-0.4, -0.2) is 9.97 Å². The number of unbranched alkanes of at least 4 members (excludes halogenated alkanes) is 2. The Morgan fingerprint density at radius 2 is 0.815 bits per heavy atom. The molecule has 0 atom stereocenters. The van der Waals surface area contributed by atoms with Crippen molar-refractivity contribution >= 4 is 53.7 Å². The molecule has 0 spiro atoms. The standard InChI is InChI=1S/C50H42Br2N2/c1-3-5-9-33-15-19-35(20-16-33)43-31-49(39-11-7-13-41(51)27-39)53-47-25-23-37(29-45(43)47)38-24-26-48-46(30-38)44(36-21-17-34(18-22-36)10-6-4-2)32-50(54-48)40-12-8-14-42(52)28-40/h7-8,11-32H,3-6,9-10H2,1-2H3. The molecule has 8 aromatic rings. The molecule has 0 fully saturated rings. The second kappa shape index (κ2) is 16.2. The number of pyridine rings is 2. The van der Waals surface area contributed by atoms with Crippen molar-refractivity contribution in [3.8, 4) is 55.9 Å². The second-order valence-electron chi connectivity index (χ2n) is 14.2. The van der Waals surface area contributed by atoms with Gasteiger partial charge >= 0.3 is 0 Å². The summed E-state index contributed by atoms with van der Waals surface area (Å²) in [5.41, 5.74) is 15.9. The van der Waals surface area contributed by atoms with E-state index in [1.54, 1.807) is 0 Å². The van der Waals surface area contributed by atoms with Crippen LogP contribution in [0.4, 0.5) is 0 Å². The van der Waals surface area contributed by atoms with E-state index in [1.165, 1.54) is 59.1 Å². The fraction of sp³-hybridized carbons (Fsp3) is 0.160. The van der Waals surface area contributed by atoms with Crippen LogP contribution in [0.3, 0.4) is 0 Å². The molecule has 0 bridgehead atoms. The number of fused-ring (bicyclic) bond motifs is 2. The van der Waals surface area contributed by atoms with Crippen LogP contribution in [0, 0.1) is 0 Å². The molecule has 4 heteroatoms. The Hall–Kier alpha value is -4.90. The maximum absolute atomic E-state index is 5.21. The summed E-state index contributed by atoms with van der Waals surface area (Å²) in [6.45, 7) is 4.50. The normalized spacial score (nSPS) is 11.4. The summed E-state index contributed by atoms with van der Waals surface area (Å²) in [4.78, 5) is 10.4. The molecule has 2 aromatic heterocycles. The molecule has 0 unspecified atom stereocenters. The van der Waals surface area contributed by atoms with Gasteiger partial charge in [-0.1, -0.05) is 143 Å². The van der Waals surface area contributed by atoms with Gasteiger partial charge in [0.15, 0.2) is 0 Å². The van der Waals surface area contributed by atoms with Gasteiger partial charge in [-0.05, 0) is 131 Å². The first-order valence-electron chi connectivity index (χ1n) is 19.1. The SMILES string of the molecule is CCCCc1ccc(-c2cc(-c3cccc(Br)c3)nc3ccc(-c4ccc5nc(-c6cccc(Br)c6)cc(-c6ccc(CCCC)cc6)c5c4)cc23)cc1. The first-order valence-corrected chi connectivity index (χ1v) is 20.6. The lowest BCUT2D eigenvalue weighted by Gasteiger charge is -2.15. The van der Waals surface area contributed by atoms with Crippen LogP contribution in [0.1, 0.15) is 50.7 Å². The predicted molar refractivity (Wildman–Crippen MR) is 237 cm³/mol. The van der Waals surface area contributed by atoms with Crippen molar-refractivity contribution in [2.45, 2.75) is 52.4 Å². The highest BCUT2D eigenvalue weighted by atomic mass is 79.9. The molecule has 0 radical (unpaired) electrons. The summed E-state index contributed by atoms with van der Waals surface area (Å²) in [5, 5.41) is 2.28. The smallest absolute Gasteiger partial charge is 0.0716 e. The third-order valence-corrected chi connectivity index (χ3v) is 11.3. The molecule has 0 saturated heterocycles. The molecule has 2 nitrogen and oxygen atoms in total. The van der Waals surface area contributed by atoms with Crippen LogP contribution in [0.2, 0.25) is 0 Å². The van der Waals surface area contributed by atoms with Crippen molar-refractivity contribution in [2.75, 3.05) is 0 Å². The van der Waals surface area contributed by atoms with Crippen LogP contribution in [-0.2, 0) is 12.8 Å². The van der Waals surface area contributed by atoms with E-state index in [9.17, 15) is 0 Å². The van der Waals surface area contributed by atoms with Crippen LogP contribution in [0.5, 0.6) is 0 Å². The van der Waals surface area contributed by atoms with E-state index < -0.39 is 0 Å². The van der Waals surface area contributed by atoms with Crippen molar-refractivity contribution in [3.05, 3.63) is 166 Å². The van der Waals surface area contributed by atoms with Crippen molar-refractivity contribution in [2.24, 2.45) is 0 Å². The van der Waals surface area contributed by atoms with E-state index in [1.807, 2.05) is 0 Å². The Labute approximate surface area is 335 Å². The van der Waals surface area contributed by atoms with Crippen molar-refractivity contribution in [1.29, 1.82) is 0 Å². The minimum Gasteiger partial charge on any atom is -0.248 e. The van der Waals surface area contributed by atoms with Crippen LogP contribution in [0.25, 0.3) is 77.7 Å². The highest BCUT2D eigenvalue weighted by Gasteiger charge is 2.15. The number of nitrogens with zero attached hydrogens (tertiary/aromatic N) is 2. The number of hydrogen-bond acceptors (Lipinski definition) is 2. The number of benzene rings is 6. The van der Waals surface area contributed by atoms with Crippen molar-refractivity contribution in [1.82, 2.24) is 9.97 Å². The fourth-order valence-corrected chi connectivity index (χ4v) is 8.14. The zero-order chi connectivity index (χ0) is 37.0. The number of halogens is 2. The van der Waals surface area contributed by atoms with Gasteiger partial charge in [0.05, 0.1) is 22.4 Å². The zero-order valence-corrected chi connectivity index (χ0v) is 33.9. The van der Waals surface area contributed by atoms with Gasteiger partial charge in [0, 0.05) is 30.8 Å². The van der Waals surface area contributed by atoms with E-state index in [-0.39, 0.29) is 0 Å². The molecule has 0 aliphatic heterocycles. The Morgan fingerprint density at radius 1 is 0.407 bits per heavy atom. The van der Waals surface area contributed by atoms with Gasteiger partial charge in [-0.3, -0.25) is 0 Å². The number of hydrogen-bond donors (Lipinski definition) is 0. The molecule has 0 amide bonds. The van der Waals surface area contributed by atoms with Crippen LogP contribution < -0.4 is 0 Å². The van der Waals surface area contributed by atoms with E-state index in [0.717, 1.165) is 77.2 Å². The Bertz CT molecular complexity index is 2410. The van der Waals surface area contributed by atoms with Gasteiger partial charge in [0.2, 0.25) is 0 Å². The maximum Gasteiger partial charge on any atom is 0.0716 e. The monoisotopic (exact) mass is 828 g/mol. The molecular formula is C50H42Br2N2. The van der Waals surface area contributed by atoms with Gasteiger partial charge in [-0.2, -0.15) is 0 Å². The molecule has 0 N–H and O–H groups in total. The third kappa shape index (κ3) is 7.83. The highest BCUT2D eigenvalue weighted by molar-refractivity contribution is 9.10. The molecule has 0 aliphatic carbocycles.